The lowest BCUT2D eigenvalue weighted by Crippen LogP contribution is -2.33. The minimum Gasteiger partial charge on any atom is -0.382 e. The molecule has 1 aliphatic rings. The average Bonchev–Trinajstić information content (AvgIpc) is 3.51. The maximum atomic E-state index is 6.40. The van der Waals surface area contributed by atoms with E-state index in [2.05, 4.69) is 65.2 Å². The van der Waals surface area contributed by atoms with Crippen molar-refractivity contribution in [2.24, 2.45) is 0 Å². The third-order valence-corrected chi connectivity index (χ3v) is 8.18. The third kappa shape index (κ3) is 6.09. The van der Waals surface area contributed by atoms with E-state index in [9.17, 15) is 0 Å². The van der Waals surface area contributed by atoms with Crippen LogP contribution in [0.3, 0.4) is 0 Å². The van der Waals surface area contributed by atoms with Crippen LogP contribution in [0.15, 0.2) is 66.5 Å². The molecule has 38 heavy (non-hydrogen) atoms. The van der Waals surface area contributed by atoms with Gasteiger partial charge in [-0.1, -0.05) is 39.2 Å². The van der Waals surface area contributed by atoms with Gasteiger partial charge < -0.3 is 15.6 Å². The van der Waals surface area contributed by atoms with Crippen molar-refractivity contribution in [3.63, 3.8) is 0 Å². The van der Waals surface area contributed by atoms with Gasteiger partial charge in [0.15, 0.2) is 0 Å². The maximum Gasteiger partial charge on any atom is 0.150 e. The van der Waals surface area contributed by atoms with Gasteiger partial charge in [-0.3, -0.25) is 4.40 Å². The molecule has 0 spiro atoms. The lowest BCUT2D eigenvalue weighted by atomic mass is 9.95. The number of nitrogens with one attached hydrogen (secondary N) is 1. The Bertz CT molecular complexity index is 1300. The second-order valence-electron chi connectivity index (χ2n) is 9.49. The molecule has 0 radical (unpaired) electrons. The van der Waals surface area contributed by atoms with Crippen molar-refractivity contribution in [3.05, 3.63) is 83.6 Å². The fourth-order valence-corrected chi connectivity index (χ4v) is 5.91. The molecule has 1 aliphatic heterocycles. The average molecular weight is 533 g/mol. The first-order valence-electron chi connectivity index (χ1n) is 13.6. The van der Waals surface area contributed by atoms with Gasteiger partial charge in [0.2, 0.25) is 0 Å². The molecule has 1 saturated heterocycles. The Morgan fingerprint density at radius 2 is 1.97 bits per heavy atom. The topological polar surface area (TPSA) is 75.2 Å². The molecule has 1 fully saturated rings. The number of imidazole rings is 1. The quantitative estimate of drug-likeness (QED) is 0.159. The second-order valence-corrected chi connectivity index (χ2v) is 10.3. The fourth-order valence-electron chi connectivity index (χ4n) is 5.14. The highest BCUT2D eigenvalue weighted by molar-refractivity contribution is 8.02. The molecular weight excluding hydrogens is 488 g/mol. The zero-order valence-electron chi connectivity index (χ0n) is 23.8. The van der Waals surface area contributed by atoms with E-state index in [1.807, 2.05) is 32.2 Å². The van der Waals surface area contributed by atoms with Crippen LogP contribution in [-0.2, 0) is 6.42 Å². The first-order valence-corrected chi connectivity index (χ1v) is 14.9. The van der Waals surface area contributed by atoms with E-state index in [1.54, 1.807) is 18.0 Å². The standard InChI is InChI=1S/C29H38N6S.C2H6/c1-7-9-10-11-23-18-24(32-20(23)4)25-26-28(30)31-14-17-35(26)29(33-25)22-12-15-34(16-13-22)21(5)27(36-6)19(3)8-2;1-2/h7-8,14,17-18,22,32H,1-2,5,9-13,15-16H2,3-4,6H3,(H2,30,31);1-2H3/b27-19-;. The summed E-state index contributed by atoms with van der Waals surface area (Å²) in [5.41, 5.74) is 13.9. The van der Waals surface area contributed by atoms with Crippen LogP contribution in [-0.4, -0.2) is 43.6 Å². The zero-order valence-corrected chi connectivity index (χ0v) is 24.6. The number of aromatic nitrogens is 4. The number of unbranched alkanes of at least 4 members (excludes halogenated alkanes) is 1. The number of allylic oxidation sites excluding steroid dienone is 3. The summed E-state index contributed by atoms with van der Waals surface area (Å²) in [6.07, 6.45) is 14.9. The highest BCUT2D eigenvalue weighted by Gasteiger charge is 2.28. The number of rotatable bonds is 10. The molecule has 0 aromatic carbocycles. The van der Waals surface area contributed by atoms with Gasteiger partial charge in [0, 0.05) is 47.7 Å². The highest BCUT2D eigenvalue weighted by atomic mass is 32.2. The lowest BCUT2D eigenvalue weighted by Gasteiger charge is -2.35. The Labute approximate surface area is 232 Å². The summed E-state index contributed by atoms with van der Waals surface area (Å²) >= 11 is 1.74. The third-order valence-electron chi connectivity index (χ3n) is 7.21. The van der Waals surface area contributed by atoms with Crippen LogP contribution in [0.2, 0.25) is 0 Å². The zero-order chi connectivity index (χ0) is 27.8. The van der Waals surface area contributed by atoms with Gasteiger partial charge >= 0.3 is 0 Å². The number of piperidine rings is 1. The van der Waals surface area contributed by atoms with Crippen molar-refractivity contribution in [2.75, 3.05) is 25.1 Å². The van der Waals surface area contributed by atoms with Gasteiger partial charge in [-0.25, -0.2) is 9.97 Å². The molecule has 7 heteroatoms. The number of nitrogen functional groups attached to an aromatic ring is 1. The van der Waals surface area contributed by atoms with E-state index in [0.29, 0.717) is 11.7 Å². The molecule has 204 valence electrons. The molecule has 0 aliphatic carbocycles. The summed E-state index contributed by atoms with van der Waals surface area (Å²) in [4.78, 5) is 16.7. The molecule has 3 aromatic rings. The van der Waals surface area contributed by atoms with E-state index in [0.717, 1.165) is 73.6 Å². The van der Waals surface area contributed by atoms with Gasteiger partial charge in [-0.2, -0.15) is 0 Å². The predicted molar refractivity (Wildman–Crippen MR) is 166 cm³/mol. The van der Waals surface area contributed by atoms with E-state index in [4.69, 9.17) is 10.7 Å². The molecular formula is C31H44N6S. The van der Waals surface area contributed by atoms with Gasteiger partial charge in [0.25, 0.3) is 0 Å². The number of hydrogen-bond acceptors (Lipinski definition) is 5. The van der Waals surface area contributed by atoms with E-state index >= 15 is 0 Å². The van der Waals surface area contributed by atoms with Crippen molar-refractivity contribution in [1.82, 2.24) is 24.3 Å². The molecule has 3 N–H and O–H groups in total. The van der Waals surface area contributed by atoms with Crippen molar-refractivity contribution in [1.29, 1.82) is 0 Å². The van der Waals surface area contributed by atoms with Crippen molar-refractivity contribution >= 4 is 23.1 Å². The maximum absolute atomic E-state index is 6.40. The van der Waals surface area contributed by atoms with Gasteiger partial charge in [-0.15, -0.1) is 18.3 Å². The number of aryl methyl sites for hydroxylation is 2. The van der Waals surface area contributed by atoms with Crippen LogP contribution in [0.4, 0.5) is 5.82 Å². The normalized spacial score (nSPS) is 14.6. The Morgan fingerprint density at radius 1 is 1.26 bits per heavy atom. The van der Waals surface area contributed by atoms with E-state index < -0.39 is 0 Å². The number of hydrogen-bond donors (Lipinski definition) is 2. The van der Waals surface area contributed by atoms with Crippen LogP contribution >= 0.6 is 11.8 Å². The highest BCUT2D eigenvalue weighted by Crippen LogP contribution is 2.37. The molecule has 0 atom stereocenters. The molecule has 0 unspecified atom stereocenters. The van der Waals surface area contributed by atoms with Gasteiger partial charge in [0.05, 0.1) is 5.69 Å². The molecule has 4 rings (SSSR count). The van der Waals surface area contributed by atoms with Crippen LogP contribution in [0, 0.1) is 6.92 Å². The number of likely N-dealkylation sites (tertiary alicyclic amines) is 1. The fraction of sp³-hybridized carbons (Fsp3) is 0.419. The second kappa shape index (κ2) is 13.6. The predicted octanol–water partition coefficient (Wildman–Crippen LogP) is 7.67. The van der Waals surface area contributed by atoms with Crippen LogP contribution in [0.25, 0.3) is 16.9 Å². The molecule has 4 heterocycles. The Morgan fingerprint density at radius 3 is 2.61 bits per heavy atom. The minimum atomic E-state index is 0.336. The van der Waals surface area contributed by atoms with Crippen LogP contribution in [0.1, 0.15) is 69.5 Å². The Balaban J connectivity index is 0.00000195. The number of anilines is 1. The number of fused-ring (bicyclic) bond motifs is 1. The number of H-pyrrole nitrogens is 1. The smallest absolute Gasteiger partial charge is 0.150 e. The summed E-state index contributed by atoms with van der Waals surface area (Å²) in [6.45, 7) is 22.3. The van der Waals surface area contributed by atoms with Crippen LogP contribution < -0.4 is 5.73 Å². The van der Waals surface area contributed by atoms with Crippen molar-refractivity contribution in [3.8, 4) is 11.4 Å². The largest absolute Gasteiger partial charge is 0.382 e. The van der Waals surface area contributed by atoms with Gasteiger partial charge in [-0.05, 0) is 69.4 Å². The minimum absolute atomic E-state index is 0.336. The van der Waals surface area contributed by atoms with Crippen molar-refractivity contribution < 1.29 is 0 Å². The summed E-state index contributed by atoms with van der Waals surface area (Å²) in [5.74, 6) is 1.90. The van der Waals surface area contributed by atoms with E-state index in [-0.39, 0.29) is 0 Å². The van der Waals surface area contributed by atoms with Gasteiger partial charge in [0.1, 0.15) is 22.9 Å². The van der Waals surface area contributed by atoms with Crippen LogP contribution in [0.5, 0.6) is 0 Å². The summed E-state index contributed by atoms with van der Waals surface area (Å²) < 4.78 is 2.15. The number of nitrogens with two attached hydrogens (primary N) is 1. The number of aromatic amines is 1. The molecule has 0 saturated carbocycles. The monoisotopic (exact) mass is 532 g/mol. The van der Waals surface area contributed by atoms with E-state index in [1.165, 1.54) is 21.7 Å². The van der Waals surface area contributed by atoms with Crippen molar-refractivity contribution in [2.45, 2.75) is 65.7 Å². The molecule has 6 nitrogen and oxygen atoms in total. The number of nitrogens with zero attached hydrogens (tertiary/aromatic N) is 4. The summed E-state index contributed by atoms with van der Waals surface area (Å²) in [7, 11) is 0. The first kappa shape index (κ1) is 29.4. The summed E-state index contributed by atoms with van der Waals surface area (Å²) in [5, 5.41) is 0. The summed E-state index contributed by atoms with van der Waals surface area (Å²) in [6, 6.07) is 2.22. The lowest BCUT2D eigenvalue weighted by molar-refractivity contribution is 0.265. The SMILES string of the molecule is C=CCCCc1cc(-c2nc(C3CCN(C(=C)/C(SC)=C(\C)C=C)CC3)n3ccnc(N)c23)[nH]c1C.CC. The Kier molecular flexibility index (Phi) is 10.5. The molecule has 3 aromatic heterocycles. The Hall–Kier alpha value is -3.19. The first-order chi connectivity index (χ1) is 18.4. The number of thioether (sulfide) groups is 1. The molecule has 0 amide bonds. The molecule has 0 bridgehead atoms.